The first-order chi connectivity index (χ1) is 13.4. The Morgan fingerprint density at radius 1 is 1.32 bits per heavy atom. The molecule has 0 spiro atoms. The third-order valence-corrected chi connectivity index (χ3v) is 4.95. The molecule has 3 N–H and O–H groups in total. The number of aliphatic hydroxyl groups excluding tert-OH is 2. The summed E-state index contributed by atoms with van der Waals surface area (Å²) in [6.07, 6.45) is 0.926. The third-order valence-electron chi connectivity index (χ3n) is 4.19. The summed E-state index contributed by atoms with van der Waals surface area (Å²) in [5.74, 6) is -0.405. The summed E-state index contributed by atoms with van der Waals surface area (Å²) in [6.45, 7) is -0.422. The zero-order valence-corrected chi connectivity index (χ0v) is 16.3. The number of aliphatic hydroxyl groups is 2. The number of nitrogens with one attached hydrogen (secondary N) is 1. The highest BCUT2D eigenvalue weighted by Gasteiger charge is 2.26. The van der Waals surface area contributed by atoms with Crippen molar-refractivity contribution >= 4 is 23.4 Å². The van der Waals surface area contributed by atoms with E-state index in [4.69, 9.17) is 4.74 Å². The van der Waals surface area contributed by atoms with Crippen molar-refractivity contribution in [2.24, 2.45) is 0 Å². The van der Waals surface area contributed by atoms with Crippen LogP contribution in [-0.4, -0.2) is 47.1 Å². The lowest BCUT2D eigenvalue weighted by Gasteiger charge is -2.20. The van der Waals surface area contributed by atoms with Gasteiger partial charge in [-0.1, -0.05) is 30.3 Å². The van der Waals surface area contributed by atoms with Gasteiger partial charge in [-0.3, -0.25) is 14.9 Å². The Hall–Kier alpha value is -2.62. The Bertz CT molecular complexity index is 831. The number of thioether (sulfide) groups is 1. The van der Waals surface area contributed by atoms with Gasteiger partial charge in [0.2, 0.25) is 0 Å². The van der Waals surface area contributed by atoms with E-state index in [9.17, 15) is 25.1 Å². The van der Waals surface area contributed by atoms with Crippen molar-refractivity contribution in [2.75, 3.05) is 20.0 Å². The van der Waals surface area contributed by atoms with Gasteiger partial charge in [-0.15, -0.1) is 11.8 Å². The molecular formula is C19H22N2O6S. The minimum absolute atomic E-state index is 0.0611. The van der Waals surface area contributed by atoms with E-state index in [1.165, 1.54) is 31.0 Å². The second-order valence-corrected chi connectivity index (χ2v) is 6.84. The highest BCUT2D eigenvalue weighted by atomic mass is 32.2. The van der Waals surface area contributed by atoms with Crippen LogP contribution in [0.3, 0.4) is 0 Å². The van der Waals surface area contributed by atoms with Gasteiger partial charge in [0, 0.05) is 0 Å². The molecule has 0 aliphatic carbocycles. The van der Waals surface area contributed by atoms with E-state index < -0.39 is 35.3 Å². The molecule has 2 rings (SSSR count). The van der Waals surface area contributed by atoms with E-state index in [-0.39, 0.29) is 12.0 Å². The van der Waals surface area contributed by atoms with Crippen LogP contribution in [0.4, 0.5) is 5.69 Å². The van der Waals surface area contributed by atoms with Crippen LogP contribution in [0.25, 0.3) is 0 Å². The van der Waals surface area contributed by atoms with Crippen LogP contribution in [0.2, 0.25) is 0 Å². The van der Waals surface area contributed by atoms with Crippen LogP contribution in [0, 0.1) is 10.1 Å². The molecular weight excluding hydrogens is 384 g/mol. The maximum atomic E-state index is 12.7. The predicted molar refractivity (Wildman–Crippen MR) is 106 cm³/mol. The van der Waals surface area contributed by atoms with Crippen LogP contribution in [0.5, 0.6) is 5.75 Å². The number of carbonyl (C=O) groups is 1. The molecule has 0 aliphatic rings. The number of hydrogen-bond acceptors (Lipinski definition) is 7. The van der Waals surface area contributed by atoms with Crippen LogP contribution in [0.15, 0.2) is 47.4 Å². The molecule has 0 unspecified atom stereocenters. The summed E-state index contributed by atoms with van der Waals surface area (Å²) in [7, 11) is 1.39. The lowest BCUT2D eigenvalue weighted by molar-refractivity contribution is -0.385. The molecule has 2 atom stereocenters. The number of benzene rings is 2. The second-order valence-electron chi connectivity index (χ2n) is 6.00. The minimum atomic E-state index is -0.897. The molecule has 150 valence electrons. The van der Waals surface area contributed by atoms with Crippen molar-refractivity contribution in [3.8, 4) is 5.75 Å². The van der Waals surface area contributed by atoms with E-state index in [2.05, 4.69) is 5.32 Å². The fraction of sp³-hybridized carbons (Fsp3) is 0.316. The molecule has 0 radical (unpaired) electrons. The van der Waals surface area contributed by atoms with Crippen LogP contribution in [0.1, 0.15) is 28.4 Å². The molecule has 8 nitrogen and oxygen atoms in total. The smallest absolute Gasteiger partial charge is 0.285 e. The summed E-state index contributed by atoms with van der Waals surface area (Å²) in [6, 6.07) is 10.6. The lowest BCUT2D eigenvalue weighted by atomic mass is 10.0. The van der Waals surface area contributed by atoms with Gasteiger partial charge in [-0.05, 0) is 24.3 Å². The number of rotatable bonds is 9. The summed E-state index contributed by atoms with van der Waals surface area (Å²) in [5.41, 5.74) is 0.116. The van der Waals surface area contributed by atoms with Crippen LogP contribution < -0.4 is 10.1 Å². The van der Waals surface area contributed by atoms with Crippen molar-refractivity contribution < 1.29 is 24.7 Å². The molecule has 28 heavy (non-hydrogen) atoms. The monoisotopic (exact) mass is 406 g/mol. The first kappa shape index (κ1) is 21.7. The lowest BCUT2D eigenvalue weighted by Crippen LogP contribution is -2.39. The first-order valence-electron chi connectivity index (χ1n) is 8.46. The normalized spacial score (nSPS) is 12.9. The molecule has 0 aromatic heterocycles. The summed E-state index contributed by atoms with van der Waals surface area (Å²) < 4.78 is 5.14. The SMILES string of the molecule is COc1cc([N+](=O)[O-])c(C(=O)N[C@@H](CO)C[C@@H](O)c2ccccc2)cc1SC. The van der Waals surface area contributed by atoms with E-state index in [1.54, 1.807) is 30.5 Å². The van der Waals surface area contributed by atoms with Gasteiger partial charge < -0.3 is 20.3 Å². The number of carbonyl (C=O) groups excluding carboxylic acids is 1. The molecule has 0 heterocycles. The quantitative estimate of drug-likeness (QED) is 0.332. The van der Waals surface area contributed by atoms with E-state index in [0.717, 1.165) is 0 Å². The van der Waals surface area contributed by atoms with Crippen LogP contribution >= 0.6 is 11.8 Å². The van der Waals surface area contributed by atoms with Crippen molar-refractivity contribution in [3.05, 3.63) is 63.7 Å². The fourth-order valence-electron chi connectivity index (χ4n) is 2.72. The van der Waals surface area contributed by atoms with Gasteiger partial charge in [0.25, 0.3) is 11.6 Å². The zero-order chi connectivity index (χ0) is 20.7. The highest BCUT2D eigenvalue weighted by Crippen LogP contribution is 2.34. The molecule has 9 heteroatoms. The number of nitrogens with zero attached hydrogens (tertiary/aromatic N) is 1. The number of methoxy groups -OCH3 is 1. The van der Waals surface area contributed by atoms with E-state index in [1.807, 2.05) is 6.07 Å². The molecule has 0 bridgehead atoms. The molecule has 0 saturated carbocycles. The Morgan fingerprint density at radius 3 is 2.54 bits per heavy atom. The Balaban J connectivity index is 2.23. The number of nitro benzene ring substituents is 1. The number of hydrogen-bond donors (Lipinski definition) is 3. The molecule has 0 fully saturated rings. The number of amides is 1. The van der Waals surface area contributed by atoms with E-state index in [0.29, 0.717) is 16.2 Å². The van der Waals surface area contributed by atoms with Crippen molar-refractivity contribution in [2.45, 2.75) is 23.5 Å². The molecule has 1 amide bonds. The Morgan fingerprint density at radius 2 is 2.00 bits per heavy atom. The fourth-order valence-corrected chi connectivity index (χ4v) is 3.30. The largest absolute Gasteiger partial charge is 0.495 e. The topological polar surface area (TPSA) is 122 Å². The Labute approximate surface area is 166 Å². The maximum absolute atomic E-state index is 12.7. The molecule has 2 aromatic rings. The summed E-state index contributed by atoms with van der Waals surface area (Å²) >= 11 is 1.29. The first-order valence-corrected chi connectivity index (χ1v) is 9.68. The van der Waals surface area contributed by atoms with Gasteiger partial charge in [0.05, 0.1) is 41.7 Å². The molecule has 0 aliphatic heterocycles. The highest BCUT2D eigenvalue weighted by molar-refractivity contribution is 7.98. The van der Waals surface area contributed by atoms with Gasteiger partial charge in [0.15, 0.2) is 0 Å². The minimum Gasteiger partial charge on any atom is -0.495 e. The summed E-state index contributed by atoms with van der Waals surface area (Å²) in [5, 5.41) is 33.9. The standard InChI is InChI=1S/C19H22N2O6S/c1-27-17-10-15(21(25)26)14(9-18(17)28-2)19(24)20-13(11-22)8-16(23)12-6-4-3-5-7-12/h3-7,9-10,13,16,22-23H,8,11H2,1-2H3,(H,20,24)/t13-,16-/m1/s1. The average molecular weight is 406 g/mol. The van der Waals surface area contributed by atoms with Gasteiger partial charge in [0.1, 0.15) is 11.3 Å². The summed E-state index contributed by atoms with van der Waals surface area (Å²) in [4.78, 5) is 24.0. The number of nitro groups is 1. The van der Waals surface area contributed by atoms with Gasteiger partial charge in [-0.2, -0.15) is 0 Å². The van der Waals surface area contributed by atoms with Gasteiger partial charge in [-0.25, -0.2) is 0 Å². The van der Waals surface area contributed by atoms with Gasteiger partial charge >= 0.3 is 0 Å². The average Bonchev–Trinajstić information content (AvgIpc) is 2.72. The van der Waals surface area contributed by atoms with Crippen molar-refractivity contribution in [1.29, 1.82) is 0 Å². The molecule has 0 saturated heterocycles. The maximum Gasteiger partial charge on any atom is 0.285 e. The predicted octanol–water partition coefficient (Wildman–Crippen LogP) is 2.54. The zero-order valence-electron chi connectivity index (χ0n) is 15.5. The number of ether oxygens (including phenoxy) is 1. The second kappa shape index (κ2) is 10.1. The molecule has 2 aromatic carbocycles. The van der Waals surface area contributed by atoms with Crippen molar-refractivity contribution in [3.63, 3.8) is 0 Å². The third kappa shape index (κ3) is 5.22. The van der Waals surface area contributed by atoms with Crippen LogP contribution in [-0.2, 0) is 0 Å². The van der Waals surface area contributed by atoms with Crippen molar-refractivity contribution in [1.82, 2.24) is 5.32 Å². The Kier molecular flexibility index (Phi) is 7.80. The van der Waals surface area contributed by atoms with E-state index >= 15 is 0 Å².